The number of hydrogen-bond acceptors (Lipinski definition) is 8. The second kappa shape index (κ2) is 13.2. The lowest BCUT2D eigenvalue weighted by atomic mass is 9.84. The lowest BCUT2D eigenvalue weighted by Crippen LogP contribution is -2.56. The molecular formula is C23H38N6O4S. The molecule has 0 spiro atoms. The van der Waals surface area contributed by atoms with E-state index in [4.69, 9.17) is 13.9 Å². The Morgan fingerprint density at radius 2 is 2.00 bits per heavy atom. The highest BCUT2D eigenvalue weighted by Gasteiger charge is 2.38. The van der Waals surface area contributed by atoms with Crippen molar-refractivity contribution in [2.75, 3.05) is 45.8 Å². The van der Waals surface area contributed by atoms with Crippen LogP contribution < -0.4 is 10.6 Å². The minimum absolute atomic E-state index is 0.238. The predicted molar refractivity (Wildman–Crippen MR) is 131 cm³/mol. The van der Waals surface area contributed by atoms with Crippen LogP contribution in [-0.4, -0.2) is 85.1 Å². The number of aliphatic imine (C=N–C) groups is 1. The largest absolute Gasteiger partial charge is 0.450 e. The number of guanidine groups is 1. The molecule has 1 aliphatic carbocycles. The van der Waals surface area contributed by atoms with E-state index in [9.17, 15) is 14.9 Å². The number of nitriles is 1. The van der Waals surface area contributed by atoms with Gasteiger partial charge in [0.2, 0.25) is 11.9 Å². The number of alkyl carbamates (subject to hydrolysis) is 1. The zero-order chi connectivity index (χ0) is 24.4. The molecule has 3 aliphatic rings. The molecule has 2 saturated heterocycles. The Morgan fingerprint density at radius 1 is 1.26 bits per heavy atom. The summed E-state index contributed by atoms with van der Waals surface area (Å²) in [6.45, 7) is 4.52. The first-order valence-corrected chi connectivity index (χ1v) is 13.3. The van der Waals surface area contributed by atoms with Crippen LogP contribution in [0.5, 0.6) is 0 Å². The molecule has 0 aromatic carbocycles. The van der Waals surface area contributed by atoms with Crippen molar-refractivity contribution >= 4 is 30.0 Å². The molecule has 0 radical (unpaired) electrons. The fraction of sp³-hybridized carbons (Fsp3) is 0.826. The number of likely N-dealkylation sites (tertiary alicyclic amines) is 1. The van der Waals surface area contributed by atoms with Gasteiger partial charge in [-0.2, -0.15) is 5.26 Å². The van der Waals surface area contributed by atoms with Gasteiger partial charge in [0.05, 0.1) is 25.2 Å². The van der Waals surface area contributed by atoms with Gasteiger partial charge in [0.15, 0.2) is 0 Å². The summed E-state index contributed by atoms with van der Waals surface area (Å²) in [6, 6.07) is 1.67. The summed E-state index contributed by atoms with van der Waals surface area (Å²) < 4.78 is 10.4. The zero-order valence-electron chi connectivity index (χ0n) is 20.4. The van der Waals surface area contributed by atoms with Crippen LogP contribution in [0.3, 0.4) is 0 Å². The van der Waals surface area contributed by atoms with Gasteiger partial charge in [0.1, 0.15) is 11.6 Å². The minimum atomic E-state index is -0.881. The van der Waals surface area contributed by atoms with Crippen molar-refractivity contribution < 1.29 is 18.5 Å². The van der Waals surface area contributed by atoms with Crippen molar-refractivity contribution in [3.8, 4) is 6.07 Å². The number of carbonyl (C=O) groups is 2. The van der Waals surface area contributed by atoms with Crippen LogP contribution in [0.25, 0.3) is 0 Å². The third-order valence-corrected chi connectivity index (χ3v) is 7.55. The molecular weight excluding hydrogens is 456 g/mol. The summed E-state index contributed by atoms with van der Waals surface area (Å²) in [4.78, 5) is 34.7. The van der Waals surface area contributed by atoms with Crippen molar-refractivity contribution in [2.45, 2.75) is 69.9 Å². The Bertz CT molecular complexity index is 753. The van der Waals surface area contributed by atoms with Crippen molar-refractivity contribution in [3.05, 3.63) is 0 Å². The molecule has 10 nitrogen and oxygen atoms in total. The molecule has 0 aromatic rings. The summed E-state index contributed by atoms with van der Waals surface area (Å²) in [5.41, 5.74) is -0.881. The van der Waals surface area contributed by atoms with Crippen LogP contribution in [0.2, 0.25) is 0 Å². The van der Waals surface area contributed by atoms with E-state index in [1.165, 1.54) is 18.5 Å². The molecule has 2 N–H and O–H groups in total. The highest BCUT2D eigenvalue weighted by molar-refractivity contribution is 7.94. The first-order valence-electron chi connectivity index (χ1n) is 12.4. The molecule has 0 bridgehead atoms. The molecule has 2 aliphatic heterocycles. The third-order valence-electron chi connectivity index (χ3n) is 6.80. The van der Waals surface area contributed by atoms with Crippen LogP contribution >= 0.6 is 12.0 Å². The summed E-state index contributed by atoms with van der Waals surface area (Å²) >= 11 is 1.28. The first kappa shape index (κ1) is 26.6. The first-order chi connectivity index (χ1) is 16.4. The van der Waals surface area contributed by atoms with Crippen LogP contribution in [0.4, 0.5) is 4.79 Å². The monoisotopic (exact) mass is 494 g/mol. The normalized spacial score (nSPS) is 23.0. The number of ether oxygens (including phenoxy) is 1. The van der Waals surface area contributed by atoms with Gasteiger partial charge in [-0.15, -0.1) is 0 Å². The van der Waals surface area contributed by atoms with Gasteiger partial charge in [-0.3, -0.25) is 10.1 Å². The fourth-order valence-electron chi connectivity index (χ4n) is 4.68. The Labute approximate surface area is 207 Å². The van der Waals surface area contributed by atoms with E-state index >= 15 is 0 Å². The summed E-state index contributed by atoms with van der Waals surface area (Å²) in [5, 5.41) is 15.7. The van der Waals surface area contributed by atoms with Crippen molar-refractivity contribution in [1.82, 2.24) is 20.4 Å². The van der Waals surface area contributed by atoms with Gasteiger partial charge in [-0.05, 0) is 39.2 Å². The van der Waals surface area contributed by atoms with Gasteiger partial charge in [0, 0.05) is 31.7 Å². The average molecular weight is 495 g/mol. The Morgan fingerprint density at radius 3 is 2.62 bits per heavy atom. The maximum atomic E-state index is 13.6. The number of rotatable bonds is 6. The van der Waals surface area contributed by atoms with Crippen LogP contribution in [-0.2, 0) is 13.7 Å². The lowest BCUT2D eigenvalue weighted by Gasteiger charge is -2.37. The molecule has 2 heterocycles. The average Bonchev–Trinajstić information content (AvgIpc) is 2.86. The van der Waals surface area contributed by atoms with Crippen LogP contribution in [0, 0.1) is 17.2 Å². The van der Waals surface area contributed by atoms with Gasteiger partial charge < -0.3 is 24.0 Å². The smallest absolute Gasteiger partial charge is 0.413 e. The van der Waals surface area contributed by atoms with Gasteiger partial charge in [0.25, 0.3) is 0 Å². The van der Waals surface area contributed by atoms with Gasteiger partial charge >= 0.3 is 6.09 Å². The quantitative estimate of drug-likeness (QED) is 0.328. The molecule has 34 heavy (non-hydrogen) atoms. The molecule has 1 saturated carbocycles. The van der Waals surface area contributed by atoms with E-state index in [0.29, 0.717) is 50.2 Å². The molecule has 3 fully saturated rings. The summed E-state index contributed by atoms with van der Waals surface area (Å²) in [6.07, 6.45) is 6.85. The van der Waals surface area contributed by atoms with Crippen LogP contribution in [0.1, 0.15) is 58.3 Å². The molecule has 0 unspecified atom stereocenters. The van der Waals surface area contributed by atoms with E-state index in [0.717, 1.165) is 38.8 Å². The van der Waals surface area contributed by atoms with Crippen LogP contribution in [0.15, 0.2) is 4.99 Å². The van der Waals surface area contributed by atoms with Gasteiger partial charge in [-0.25, -0.2) is 9.79 Å². The Hall–Kier alpha value is -2.03. The molecule has 0 aromatic heterocycles. The number of carbonyl (C=O) groups excluding carboxylic acids is 2. The predicted octanol–water partition coefficient (Wildman–Crippen LogP) is 2.47. The SMILES string of the molecule is CCOC(=O)NC(=N[C@@H](CC1CCCCC1)C(=O)NC1(C#N)CCN(C)CC1)N1CCOSC1. The van der Waals surface area contributed by atoms with E-state index in [2.05, 4.69) is 21.6 Å². The second-order valence-corrected chi connectivity index (χ2v) is 10.1. The van der Waals surface area contributed by atoms with Crippen molar-refractivity contribution in [2.24, 2.45) is 10.9 Å². The highest BCUT2D eigenvalue weighted by Crippen LogP contribution is 2.29. The Balaban J connectivity index is 1.83. The number of amides is 2. The molecule has 1 atom stereocenters. The molecule has 2 amide bonds. The van der Waals surface area contributed by atoms with E-state index in [1.807, 2.05) is 11.9 Å². The summed E-state index contributed by atoms with van der Waals surface area (Å²) in [5.74, 6) is 0.948. The minimum Gasteiger partial charge on any atom is -0.450 e. The number of nitrogens with zero attached hydrogens (tertiary/aromatic N) is 4. The van der Waals surface area contributed by atoms with E-state index in [-0.39, 0.29) is 12.5 Å². The van der Waals surface area contributed by atoms with Crippen molar-refractivity contribution in [1.29, 1.82) is 5.26 Å². The van der Waals surface area contributed by atoms with Crippen molar-refractivity contribution in [3.63, 3.8) is 0 Å². The zero-order valence-corrected chi connectivity index (χ0v) is 21.2. The second-order valence-electron chi connectivity index (χ2n) is 9.37. The molecule has 190 valence electrons. The molecule has 11 heteroatoms. The van der Waals surface area contributed by atoms with E-state index < -0.39 is 17.7 Å². The number of hydrogen-bond donors (Lipinski definition) is 2. The number of piperidine rings is 1. The maximum Gasteiger partial charge on any atom is 0.413 e. The van der Waals surface area contributed by atoms with E-state index in [1.54, 1.807) is 6.92 Å². The molecule has 3 rings (SSSR count). The lowest BCUT2D eigenvalue weighted by molar-refractivity contribution is -0.124. The summed E-state index contributed by atoms with van der Waals surface area (Å²) in [7, 11) is 2.02. The maximum absolute atomic E-state index is 13.6. The van der Waals surface area contributed by atoms with Gasteiger partial charge in [-0.1, -0.05) is 32.1 Å². The fourth-order valence-corrected chi connectivity index (χ4v) is 5.32. The Kier molecular flexibility index (Phi) is 10.3. The topological polar surface area (TPSA) is 119 Å². The third kappa shape index (κ3) is 7.75. The highest BCUT2D eigenvalue weighted by atomic mass is 32.2. The number of nitrogens with one attached hydrogen (secondary N) is 2. The standard InChI is InChI=1S/C23H38N6O4S/c1-3-32-22(31)26-21(29-13-14-33-34-17-29)25-19(15-18-7-5-4-6-8-18)20(30)27-23(16-24)9-11-28(2)12-10-23/h18-19H,3-15,17H2,1-2H3,(H,27,30)(H,25,26,31)/t19-/m0/s1.